The first-order chi connectivity index (χ1) is 7.49. The van der Waals surface area contributed by atoms with Gasteiger partial charge in [-0.05, 0) is 31.1 Å². The maximum absolute atomic E-state index is 6.05. The zero-order chi connectivity index (χ0) is 11.6. The van der Waals surface area contributed by atoms with Crippen molar-refractivity contribution in [3.8, 4) is 0 Å². The highest BCUT2D eigenvalue weighted by molar-refractivity contribution is 4.93. The largest absolute Gasteiger partial charge is 0.375 e. The molecule has 16 heavy (non-hydrogen) atoms. The third-order valence-corrected chi connectivity index (χ3v) is 3.93. The number of ether oxygens (including phenoxy) is 1. The Morgan fingerprint density at radius 3 is 2.56 bits per heavy atom. The van der Waals surface area contributed by atoms with Crippen molar-refractivity contribution in [2.75, 3.05) is 13.2 Å². The molecule has 0 bridgehead atoms. The van der Waals surface area contributed by atoms with E-state index in [2.05, 4.69) is 26.1 Å². The van der Waals surface area contributed by atoms with Crippen LogP contribution in [0.2, 0.25) is 0 Å². The van der Waals surface area contributed by atoms with Crippen LogP contribution in [0.3, 0.4) is 0 Å². The second-order valence-corrected chi connectivity index (χ2v) is 6.87. The topological polar surface area (TPSA) is 21.3 Å². The molecule has 1 atom stereocenters. The molecule has 1 saturated carbocycles. The van der Waals surface area contributed by atoms with E-state index in [1.54, 1.807) is 0 Å². The fraction of sp³-hybridized carbons (Fsp3) is 1.00. The zero-order valence-corrected chi connectivity index (χ0v) is 11.1. The average Bonchev–Trinajstić information content (AvgIpc) is 2.63. The monoisotopic (exact) mass is 225 g/mol. The third-order valence-electron chi connectivity index (χ3n) is 3.93. The number of hydrogen-bond donors (Lipinski definition) is 1. The second-order valence-electron chi connectivity index (χ2n) is 6.87. The zero-order valence-electron chi connectivity index (χ0n) is 11.1. The van der Waals surface area contributed by atoms with Crippen molar-refractivity contribution in [2.24, 2.45) is 5.41 Å². The summed E-state index contributed by atoms with van der Waals surface area (Å²) in [7, 11) is 0. The van der Waals surface area contributed by atoms with E-state index in [0.29, 0.717) is 11.5 Å². The molecule has 2 aliphatic rings. The van der Waals surface area contributed by atoms with Gasteiger partial charge in [0.2, 0.25) is 0 Å². The van der Waals surface area contributed by atoms with Crippen molar-refractivity contribution in [2.45, 2.75) is 70.9 Å². The van der Waals surface area contributed by atoms with E-state index in [4.69, 9.17) is 4.74 Å². The van der Waals surface area contributed by atoms with E-state index in [1.165, 1.54) is 38.5 Å². The molecule has 1 aliphatic carbocycles. The van der Waals surface area contributed by atoms with Crippen LogP contribution in [0.1, 0.15) is 59.3 Å². The van der Waals surface area contributed by atoms with Gasteiger partial charge in [-0.3, -0.25) is 0 Å². The summed E-state index contributed by atoms with van der Waals surface area (Å²) >= 11 is 0. The molecule has 0 aromatic heterocycles. The van der Waals surface area contributed by atoms with Gasteiger partial charge in [0.25, 0.3) is 0 Å². The van der Waals surface area contributed by atoms with Crippen molar-refractivity contribution in [3.63, 3.8) is 0 Å². The molecule has 2 heteroatoms. The predicted molar refractivity (Wildman–Crippen MR) is 67.6 cm³/mol. The number of rotatable bonds is 2. The molecule has 1 aliphatic heterocycles. The third kappa shape index (κ3) is 3.21. The van der Waals surface area contributed by atoms with Gasteiger partial charge >= 0.3 is 0 Å². The van der Waals surface area contributed by atoms with E-state index < -0.39 is 0 Å². The fourth-order valence-corrected chi connectivity index (χ4v) is 3.02. The van der Waals surface area contributed by atoms with Gasteiger partial charge in [-0.2, -0.15) is 0 Å². The summed E-state index contributed by atoms with van der Waals surface area (Å²) in [4.78, 5) is 0. The maximum atomic E-state index is 6.05. The van der Waals surface area contributed by atoms with Gasteiger partial charge in [-0.1, -0.05) is 33.6 Å². The van der Waals surface area contributed by atoms with E-state index in [1.807, 2.05) is 0 Å². The molecule has 1 heterocycles. The molecule has 1 saturated heterocycles. The average molecular weight is 225 g/mol. The lowest BCUT2D eigenvalue weighted by Crippen LogP contribution is -2.47. The molecule has 0 amide bonds. The minimum atomic E-state index is 0.258. The lowest BCUT2D eigenvalue weighted by molar-refractivity contribution is -0.0842. The molecule has 0 aromatic carbocycles. The Hall–Kier alpha value is -0.0800. The Labute approximate surface area is 100 Å². The first-order valence-corrected chi connectivity index (χ1v) is 6.87. The Kier molecular flexibility index (Phi) is 3.60. The smallest absolute Gasteiger partial charge is 0.0697 e. The molecular formula is C14H27NO. The summed E-state index contributed by atoms with van der Waals surface area (Å²) < 4.78 is 6.05. The fourth-order valence-electron chi connectivity index (χ4n) is 3.02. The Bertz CT molecular complexity index is 225. The van der Waals surface area contributed by atoms with Crippen LogP contribution in [0.5, 0.6) is 0 Å². The Balaban J connectivity index is 1.82. The highest BCUT2D eigenvalue weighted by Crippen LogP contribution is 2.40. The highest BCUT2D eigenvalue weighted by atomic mass is 16.5. The van der Waals surface area contributed by atoms with Crippen LogP contribution in [-0.2, 0) is 4.74 Å². The molecule has 94 valence electrons. The number of hydrogen-bond acceptors (Lipinski definition) is 2. The summed E-state index contributed by atoms with van der Waals surface area (Å²) in [5.41, 5.74) is 0.648. The van der Waals surface area contributed by atoms with Gasteiger partial charge in [-0.25, -0.2) is 0 Å². The lowest BCUT2D eigenvalue weighted by Gasteiger charge is -2.39. The van der Waals surface area contributed by atoms with E-state index >= 15 is 0 Å². The van der Waals surface area contributed by atoms with Gasteiger partial charge in [0.15, 0.2) is 0 Å². The van der Waals surface area contributed by atoms with Crippen LogP contribution in [0.4, 0.5) is 0 Å². The van der Waals surface area contributed by atoms with Crippen molar-refractivity contribution in [1.82, 2.24) is 5.32 Å². The second kappa shape index (κ2) is 4.66. The minimum absolute atomic E-state index is 0.258. The van der Waals surface area contributed by atoms with Crippen LogP contribution in [0.15, 0.2) is 0 Å². The standard InChI is InChI=1S/C14H27NO/c1-13(2,3)11-15-12-6-9-16-14(10-12)7-4-5-8-14/h12,15H,4-11H2,1-3H3. The van der Waals surface area contributed by atoms with E-state index in [-0.39, 0.29) is 5.60 Å². The molecular weight excluding hydrogens is 198 g/mol. The normalized spacial score (nSPS) is 29.8. The van der Waals surface area contributed by atoms with E-state index in [0.717, 1.165) is 13.2 Å². The van der Waals surface area contributed by atoms with Gasteiger partial charge in [-0.15, -0.1) is 0 Å². The van der Waals surface area contributed by atoms with Crippen LogP contribution < -0.4 is 5.32 Å². The molecule has 1 spiro atoms. The van der Waals surface area contributed by atoms with Gasteiger partial charge in [0, 0.05) is 19.2 Å². The number of nitrogens with one attached hydrogen (secondary N) is 1. The Morgan fingerprint density at radius 2 is 1.94 bits per heavy atom. The molecule has 2 rings (SSSR count). The summed E-state index contributed by atoms with van der Waals surface area (Å²) in [6.07, 6.45) is 7.75. The molecule has 2 nitrogen and oxygen atoms in total. The van der Waals surface area contributed by atoms with E-state index in [9.17, 15) is 0 Å². The summed E-state index contributed by atoms with van der Waals surface area (Å²) in [6, 6.07) is 0.686. The van der Waals surface area contributed by atoms with Crippen molar-refractivity contribution in [1.29, 1.82) is 0 Å². The van der Waals surface area contributed by atoms with Gasteiger partial charge in [0.05, 0.1) is 5.60 Å². The van der Waals surface area contributed by atoms with Crippen LogP contribution in [0.25, 0.3) is 0 Å². The summed E-state index contributed by atoms with van der Waals surface area (Å²) in [5, 5.41) is 3.73. The predicted octanol–water partition coefficient (Wildman–Crippen LogP) is 3.11. The summed E-state index contributed by atoms with van der Waals surface area (Å²) in [5.74, 6) is 0. The highest BCUT2D eigenvalue weighted by Gasteiger charge is 2.39. The van der Waals surface area contributed by atoms with Crippen molar-refractivity contribution < 1.29 is 4.74 Å². The SMILES string of the molecule is CC(C)(C)CNC1CCOC2(CCCC2)C1. The molecule has 0 aromatic rings. The summed E-state index contributed by atoms with van der Waals surface area (Å²) in [6.45, 7) is 8.97. The molecule has 1 N–H and O–H groups in total. The van der Waals surface area contributed by atoms with Crippen LogP contribution in [0, 0.1) is 5.41 Å². The van der Waals surface area contributed by atoms with Crippen LogP contribution in [-0.4, -0.2) is 24.8 Å². The minimum Gasteiger partial charge on any atom is -0.375 e. The molecule has 1 unspecified atom stereocenters. The first kappa shape index (κ1) is 12.4. The van der Waals surface area contributed by atoms with Gasteiger partial charge < -0.3 is 10.1 Å². The molecule has 0 radical (unpaired) electrons. The van der Waals surface area contributed by atoms with Crippen LogP contribution >= 0.6 is 0 Å². The van der Waals surface area contributed by atoms with Crippen molar-refractivity contribution in [3.05, 3.63) is 0 Å². The van der Waals surface area contributed by atoms with Gasteiger partial charge in [0.1, 0.15) is 0 Å². The van der Waals surface area contributed by atoms with Crippen molar-refractivity contribution >= 4 is 0 Å². The maximum Gasteiger partial charge on any atom is 0.0697 e. The lowest BCUT2D eigenvalue weighted by atomic mass is 9.88. The molecule has 2 fully saturated rings. The Morgan fingerprint density at radius 1 is 1.25 bits per heavy atom. The first-order valence-electron chi connectivity index (χ1n) is 6.87. The quantitative estimate of drug-likeness (QED) is 0.779.